The quantitative estimate of drug-likeness (QED) is 0.699. The molecule has 2 nitrogen and oxygen atoms in total. The molecule has 1 aliphatic rings. The van der Waals surface area contributed by atoms with E-state index in [1.165, 1.54) is 32.1 Å². The molecule has 2 heteroatoms. The Hall–Kier alpha value is -0.0800. The minimum atomic E-state index is -0.298. The van der Waals surface area contributed by atoms with Crippen LogP contribution >= 0.6 is 0 Å². The van der Waals surface area contributed by atoms with Crippen molar-refractivity contribution in [3.8, 4) is 0 Å². The third-order valence-corrected chi connectivity index (χ3v) is 4.56. The number of aliphatic hydroxyl groups excluding tert-OH is 1. The molecule has 102 valence electrons. The zero-order valence-corrected chi connectivity index (χ0v) is 11.9. The van der Waals surface area contributed by atoms with Crippen LogP contribution in [0.25, 0.3) is 0 Å². The summed E-state index contributed by atoms with van der Waals surface area (Å²) < 4.78 is 5.85. The highest BCUT2D eigenvalue weighted by atomic mass is 16.5. The lowest BCUT2D eigenvalue weighted by Gasteiger charge is -2.36. The molecule has 0 amide bonds. The van der Waals surface area contributed by atoms with E-state index >= 15 is 0 Å². The first kappa shape index (κ1) is 15.0. The van der Waals surface area contributed by atoms with E-state index in [0.717, 1.165) is 25.2 Å². The standard InChI is InChI=1S/C15H30O2/c1-4-15(5-2,17-6-3)14(16)12-11-13-9-7-8-10-13/h13-14,16H,4-12H2,1-3H3. The van der Waals surface area contributed by atoms with Crippen LogP contribution in [0, 0.1) is 5.92 Å². The Kier molecular flexibility index (Phi) is 6.50. The average molecular weight is 242 g/mol. The summed E-state index contributed by atoms with van der Waals surface area (Å²) in [6.45, 7) is 6.96. The van der Waals surface area contributed by atoms with Gasteiger partial charge in [0.1, 0.15) is 0 Å². The van der Waals surface area contributed by atoms with Crippen molar-refractivity contribution in [3.05, 3.63) is 0 Å². The molecule has 0 aromatic heterocycles. The normalized spacial score (nSPS) is 19.8. The predicted octanol–water partition coefficient (Wildman–Crippen LogP) is 3.91. The number of ether oxygens (including phenoxy) is 1. The summed E-state index contributed by atoms with van der Waals surface area (Å²) in [6, 6.07) is 0. The van der Waals surface area contributed by atoms with Crippen LogP contribution in [-0.4, -0.2) is 23.4 Å². The molecule has 0 radical (unpaired) electrons. The molecular weight excluding hydrogens is 212 g/mol. The molecule has 0 spiro atoms. The van der Waals surface area contributed by atoms with Gasteiger partial charge in [0.25, 0.3) is 0 Å². The van der Waals surface area contributed by atoms with Gasteiger partial charge in [-0.25, -0.2) is 0 Å². The minimum absolute atomic E-state index is 0.293. The zero-order chi connectivity index (χ0) is 12.7. The summed E-state index contributed by atoms with van der Waals surface area (Å²) in [6.07, 6.45) is 9.11. The largest absolute Gasteiger partial charge is 0.390 e. The van der Waals surface area contributed by atoms with Crippen molar-refractivity contribution in [2.45, 2.75) is 83.8 Å². The molecular formula is C15H30O2. The molecule has 17 heavy (non-hydrogen) atoms. The van der Waals surface area contributed by atoms with Crippen LogP contribution in [-0.2, 0) is 4.74 Å². The highest BCUT2D eigenvalue weighted by Gasteiger charge is 2.35. The van der Waals surface area contributed by atoms with Gasteiger partial charge in [-0.15, -0.1) is 0 Å². The Labute approximate surface area is 107 Å². The van der Waals surface area contributed by atoms with Crippen LogP contribution in [0.5, 0.6) is 0 Å². The van der Waals surface area contributed by atoms with Gasteiger partial charge < -0.3 is 9.84 Å². The molecule has 0 aromatic rings. The Morgan fingerprint density at radius 3 is 2.24 bits per heavy atom. The average Bonchev–Trinajstić information content (AvgIpc) is 2.86. The van der Waals surface area contributed by atoms with Gasteiger partial charge in [0, 0.05) is 6.61 Å². The lowest BCUT2D eigenvalue weighted by Crippen LogP contribution is -2.44. The van der Waals surface area contributed by atoms with Gasteiger partial charge in [-0.05, 0) is 38.5 Å². The Morgan fingerprint density at radius 2 is 1.76 bits per heavy atom. The van der Waals surface area contributed by atoms with Crippen LogP contribution in [0.4, 0.5) is 0 Å². The number of hydrogen-bond donors (Lipinski definition) is 1. The van der Waals surface area contributed by atoms with Crippen molar-refractivity contribution in [1.82, 2.24) is 0 Å². The monoisotopic (exact) mass is 242 g/mol. The lowest BCUT2D eigenvalue weighted by atomic mass is 9.85. The van der Waals surface area contributed by atoms with E-state index in [1.807, 2.05) is 6.92 Å². The van der Waals surface area contributed by atoms with Gasteiger partial charge in [-0.3, -0.25) is 0 Å². The van der Waals surface area contributed by atoms with E-state index in [0.29, 0.717) is 6.61 Å². The molecule has 0 aliphatic heterocycles. The highest BCUT2D eigenvalue weighted by molar-refractivity contribution is 4.87. The van der Waals surface area contributed by atoms with Crippen molar-refractivity contribution < 1.29 is 9.84 Å². The molecule has 1 unspecified atom stereocenters. The molecule has 1 atom stereocenters. The molecule has 0 bridgehead atoms. The van der Waals surface area contributed by atoms with Crippen molar-refractivity contribution >= 4 is 0 Å². The van der Waals surface area contributed by atoms with Gasteiger partial charge in [0.15, 0.2) is 0 Å². The van der Waals surface area contributed by atoms with Gasteiger partial charge in [-0.2, -0.15) is 0 Å². The molecule has 1 rings (SSSR count). The number of rotatable bonds is 8. The van der Waals surface area contributed by atoms with E-state index in [4.69, 9.17) is 4.74 Å². The van der Waals surface area contributed by atoms with Gasteiger partial charge in [0.05, 0.1) is 11.7 Å². The smallest absolute Gasteiger partial charge is 0.0934 e. The first-order valence-corrected chi connectivity index (χ1v) is 7.50. The van der Waals surface area contributed by atoms with E-state index in [9.17, 15) is 5.11 Å². The van der Waals surface area contributed by atoms with Crippen molar-refractivity contribution in [3.63, 3.8) is 0 Å². The lowest BCUT2D eigenvalue weighted by molar-refractivity contribution is -0.128. The van der Waals surface area contributed by atoms with Crippen LogP contribution in [0.15, 0.2) is 0 Å². The predicted molar refractivity (Wildman–Crippen MR) is 72.1 cm³/mol. The van der Waals surface area contributed by atoms with E-state index in [1.54, 1.807) is 0 Å². The Balaban J connectivity index is 2.43. The summed E-state index contributed by atoms with van der Waals surface area (Å²) in [5.74, 6) is 0.859. The van der Waals surface area contributed by atoms with E-state index in [-0.39, 0.29) is 11.7 Å². The zero-order valence-electron chi connectivity index (χ0n) is 11.9. The number of aliphatic hydroxyl groups is 1. The third kappa shape index (κ3) is 3.96. The summed E-state index contributed by atoms with van der Waals surface area (Å²) in [7, 11) is 0. The second-order valence-electron chi connectivity index (χ2n) is 5.45. The highest BCUT2D eigenvalue weighted by Crippen LogP contribution is 2.33. The molecule has 0 saturated heterocycles. The summed E-state index contributed by atoms with van der Waals surface area (Å²) in [5.41, 5.74) is -0.298. The maximum Gasteiger partial charge on any atom is 0.0934 e. The Morgan fingerprint density at radius 1 is 1.18 bits per heavy atom. The molecule has 1 N–H and O–H groups in total. The van der Waals surface area contributed by atoms with Crippen molar-refractivity contribution in [1.29, 1.82) is 0 Å². The van der Waals surface area contributed by atoms with Crippen LogP contribution < -0.4 is 0 Å². The van der Waals surface area contributed by atoms with Crippen LogP contribution in [0.2, 0.25) is 0 Å². The van der Waals surface area contributed by atoms with Gasteiger partial charge in [0.2, 0.25) is 0 Å². The fourth-order valence-electron chi connectivity index (χ4n) is 3.26. The Bertz CT molecular complexity index is 193. The second kappa shape index (κ2) is 7.38. The van der Waals surface area contributed by atoms with Crippen molar-refractivity contribution in [2.75, 3.05) is 6.61 Å². The minimum Gasteiger partial charge on any atom is -0.390 e. The molecule has 1 fully saturated rings. The molecule has 1 aliphatic carbocycles. The SMILES string of the molecule is CCOC(CC)(CC)C(O)CCC1CCCC1. The second-order valence-corrected chi connectivity index (χ2v) is 5.45. The topological polar surface area (TPSA) is 29.5 Å². The first-order chi connectivity index (χ1) is 8.18. The maximum absolute atomic E-state index is 10.4. The van der Waals surface area contributed by atoms with Crippen LogP contribution in [0.1, 0.15) is 72.1 Å². The fourth-order valence-corrected chi connectivity index (χ4v) is 3.26. The molecule has 0 aromatic carbocycles. The summed E-state index contributed by atoms with van der Waals surface area (Å²) in [4.78, 5) is 0. The van der Waals surface area contributed by atoms with Gasteiger partial charge in [-0.1, -0.05) is 39.5 Å². The van der Waals surface area contributed by atoms with Gasteiger partial charge >= 0.3 is 0 Å². The van der Waals surface area contributed by atoms with Crippen LogP contribution in [0.3, 0.4) is 0 Å². The maximum atomic E-state index is 10.4. The fraction of sp³-hybridized carbons (Fsp3) is 1.00. The summed E-state index contributed by atoms with van der Waals surface area (Å²) >= 11 is 0. The molecule has 0 heterocycles. The molecule has 1 saturated carbocycles. The van der Waals surface area contributed by atoms with E-state index in [2.05, 4.69) is 13.8 Å². The third-order valence-electron chi connectivity index (χ3n) is 4.56. The van der Waals surface area contributed by atoms with E-state index < -0.39 is 0 Å². The summed E-state index contributed by atoms with van der Waals surface area (Å²) in [5, 5.41) is 10.4. The number of hydrogen-bond acceptors (Lipinski definition) is 2. The first-order valence-electron chi connectivity index (χ1n) is 7.50. The van der Waals surface area contributed by atoms with Crippen molar-refractivity contribution in [2.24, 2.45) is 5.92 Å².